The van der Waals surface area contributed by atoms with Gasteiger partial charge in [-0.3, -0.25) is 0 Å². The Balaban J connectivity index is 2.83. The van der Waals surface area contributed by atoms with Gasteiger partial charge in [-0.05, 0) is 44.0 Å². The first-order valence-electron chi connectivity index (χ1n) is 6.52. The molecule has 0 fully saturated rings. The zero-order valence-corrected chi connectivity index (χ0v) is 11.7. The number of nitrogens with zero attached hydrogens (tertiary/aromatic N) is 1. The van der Waals surface area contributed by atoms with Crippen LogP contribution in [-0.2, 0) is 0 Å². The van der Waals surface area contributed by atoms with Crippen LogP contribution in [0.2, 0.25) is 0 Å². The van der Waals surface area contributed by atoms with Gasteiger partial charge < -0.3 is 10.1 Å². The molecule has 1 rings (SSSR count). The first kappa shape index (κ1) is 14.5. The van der Waals surface area contributed by atoms with E-state index < -0.39 is 0 Å². The minimum absolute atomic E-state index is 0.334. The molecule has 0 spiro atoms. The van der Waals surface area contributed by atoms with E-state index in [0.29, 0.717) is 12.5 Å². The summed E-state index contributed by atoms with van der Waals surface area (Å²) in [6, 6.07) is 8.61. The largest absolute Gasteiger partial charge is 0.475 e. The van der Waals surface area contributed by atoms with Crippen LogP contribution in [0.25, 0.3) is 0 Å². The summed E-state index contributed by atoms with van der Waals surface area (Å²) < 4.78 is 5.66. The van der Waals surface area contributed by atoms with E-state index in [1.807, 2.05) is 19.9 Å². The van der Waals surface area contributed by atoms with E-state index in [4.69, 9.17) is 10.00 Å². The number of hydrogen-bond acceptors (Lipinski definition) is 3. The van der Waals surface area contributed by atoms with Crippen LogP contribution in [0, 0.1) is 18.3 Å². The smallest absolute Gasteiger partial charge is 0.184 e. The summed E-state index contributed by atoms with van der Waals surface area (Å²) >= 11 is 0. The predicted molar refractivity (Wildman–Crippen MR) is 73.6 cm³/mol. The van der Waals surface area contributed by atoms with Crippen molar-refractivity contribution in [1.29, 1.82) is 5.26 Å². The molecular formula is C15H22N2O. The fourth-order valence-corrected chi connectivity index (χ4v) is 1.85. The summed E-state index contributed by atoms with van der Waals surface area (Å²) in [6.45, 7) is 9.15. The minimum atomic E-state index is -0.360. The third-order valence-electron chi connectivity index (χ3n) is 2.99. The average Bonchev–Trinajstić information content (AvgIpc) is 2.37. The molecule has 1 aromatic rings. The molecule has 0 bridgehead atoms. The van der Waals surface area contributed by atoms with E-state index in [1.165, 1.54) is 5.56 Å². The number of nitriles is 1. The molecule has 0 aliphatic heterocycles. The fourth-order valence-electron chi connectivity index (χ4n) is 1.85. The van der Waals surface area contributed by atoms with Gasteiger partial charge in [-0.15, -0.1) is 0 Å². The Hall–Kier alpha value is -1.53. The molecule has 2 atom stereocenters. The highest BCUT2D eigenvalue weighted by Crippen LogP contribution is 2.24. The van der Waals surface area contributed by atoms with Crippen molar-refractivity contribution in [3.8, 4) is 11.8 Å². The average molecular weight is 246 g/mol. The number of aryl methyl sites for hydroxylation is 1. The maximum atomic E-state index is 8.91. The van der Waals surface area contributed by atoms with Gasteiger partial charge in [0.2, 0.25) is 0 Å². The Morgan fingerprint density at radius 2 is 2.11 bits per heavy atom. The van der Waals surface area contributed by atoms with Crippen molar-refractivity contribution in [3.63, 3.8) is 0 Å². The highest BCUT2D eigenvalue weighted by Gasteiger charge is 2.10. The second kappa shape index (κ2) is 7.03. The van der Waals surface area contributed by atoms with Crippen LogP contribution in [0.4, 0.5) is 0 Å². The zero-order valence-electron chi connectivity index (χ0n) is 11.7. The van der Waals surface area contributed by atoms with Crippen molar-refractivity contribution in [1.82, 2.24) is 5.32 Å². The Labute approximate surface area is 110 Å². The molecule has 0 saturated carbocycles. The maximum Gasteiger partial charge on any atom is 0.184 e. The third kappa shape index (κ3) is 3.75. The van der Waals surface area contributed by atoms with E-state index >= 15 is 0 Å². The summed E-state index contributed by atoms with van der Waals surface area (Å²) in [6.07, 6.45) is 0.339. The van der Waals surface area contributed by atoms with Crippen LogP contribution in [0.1, 0.15) is 44.4 Å². The Bertz CT molecular complexity index is 423. The first-order chi connectivity index (χ1) is 8.62. The molecule has 1 aromatic carbocycles. The molecule has 1 N–H and O–H groups in total. The molecule has 18 heavy (non-hydrogen) atoms. The van der Waals surface area contributed by atoms with Gasteiger partial charge in [0.1, 0.15) is 11.8 Å². The third-order valence-corrected chi connectivity index (χ3v) is 2.99. The molecule has 0 aliphatic rings. The van der Waals surface area contributed by atoms with Gasteiger partial charge in [-0.1, -0.05) is 26.0 Å². The van der Waals surface area contributed by atoms with Gasteiger partial charge in [-0.25, -0.2) is 0 Å². The van der Waals surface area contributed by atoms with Crippen LogP contribution < -0.4 is 10.1 Å². The Morgan fingerprint density at radius 1 is 1.39 bits per heavy atom. The van der Waals surface area contributed by atoms with Crippen molar-refractivity contribution < 1.29 is 4.74 Å². The summed E-state index contributed by atoms with van der Waals surface area (Å²) in [7, 11) is 0. The van der Waals surface area contributed by atoms with E-state index in [0.717, 1.165) is 17.9 Å². The number of benzene rings is 1. The molecule has 98 valence electrons. The van der Waals surface area contributed by atoms with E-state index in [-0.39, 0.29) is 6.10 Å². The van der Waals surface area contributed by atoms with Crippen LogP contribution in [0.5, 0.6) is 5.75 Å². The Morgan fingerprint density at radius 3 is 2.61 bits per heavy atom. The quantitative estimate of drug-likeness (QED) is 0.837. The number of hydrogen-bond donors (Lipinski definition) is 1. The van der Waals surface area contributed by atoms with Gasteiger partial charge in [-0.2, -0.15) is 5.26 Å². The molecule has 2 unspecified atom stereocenters. The fraction of sp³-hybridized carbons (Fsp3) is 0.533. The van der Waals surface area contributed by atoms with Crippen molar-refractivity contribution >= 4 is 0 Å². The van der Waals surface area contributed by atoms with Gasteiger partial charge in [0.25, 0.3) is 0 Å². The highest BCUT2D eigenvalue weighted by molar-refractivity contribution is 5.37. The van der Waals surface area contributed by atoms with Crippen molar-refractivity contribution in [2.75, 3.05) is 6.54 Å². The molecule has 0 aromatic heterocycles. The second-order valence-corrected chi connectivity index (χ2v) is 4.45. The Kier molecular flexibility index (Phi) is 5.67. The summed E-state index contributed by atoms with van der Waals surface area (Å²) in [5.74, 6) is 0.802. The highest BCUT2D eigenvalue weighted by atomic mass is 16.5. The normalized spacial score (nSPS) is 13.7. The summed E-state index contributed by atoms with van der Waals surface area (Å²) in [5, 5.41) is 12.3. The van der Waals surface area contributed by atoms with Crippen LogP contribution in [0.15, 0.2) is 18.2 Å². The van der Waals surface area contributed by atoms with E-state index in [9.17, 15) is 0 Å². The second-order valence-electron chi connectivity index (χ2n) is 4.45. The lowest BCUT2D eigenvalue weighted by Crippen LogP contribution is -2.18. The molecule has 0 heterocycles. The monoisotopic (exact) mass is 246 g/mol. The zero-order chi connectivity index (χ0) is 13.5. The topological polar surface area (TPSA) is 45.0 Å². The number of rotatable bonds is 6. The number of nitrogens with one attached hydrogen (secondary N) is 1. The lowest BCUT2D eigenvalue weighted by Gasteiger charge is -2.17. The van der Waals surface area contributed by atoms with Crippen LogP contribution in [0.3, 0.4) is 0 Å². The lowest BCUT2D eigenvalue weighted by molar-refractivity contribution is 0.250. The molecular weight excluding hydrogens is 224 g/mol. The van der Waals surface area contributed by atoms with Gasteiger partial charge in [0.15, 0.2) is 6.10 Å². The standard InChI is InChI=1S/C15H22N2O/c1-5-14(10-16)18-15-8-7-13(9-11(15)3)12(4)17-6-2/h7-9,12,14,17H,5-6H2,1-4H3. The molecule has 3 nitrogen and oxygen atoms in total. The summed E-state index contributed by atoms with van der Waals surface area (Å²) in [5.41, 5.74) is 2.32. The molecule has 3 heteroatoms. The van der Waals surface area contributed by atoms with Gasteiger partial charge >= 0.3 is 0 Å². The number of ether oxygens (including phenoxy) is 1. The molecule has 0 radical (unpaired) electrons. The van der Waals surface area contributed by atoms with Crippen molar-refractivity contribution in [3.05, 3.63) is 29.3 Å². The molecule has 0 amide bonds. The summed E-state index contributed by atoms with van der Waals surface area (Å²) in [4.78, 5) is 0. The first-order valence-corrected chi connectivity index (χ1v) is 6.52. The SMILES string of the molecule is CCNC(C)c1ccc(OC(C#N)CC)c(C)c1. The lowest BCUT2D eigenvalue weighted by atomic mass is 10.0. The van der Waals surface area contributed by atoms with Crippen LogP contribution >= 0.6 is 0 Å². The van der Waals surface area contributed by atoms with Crippen molar-refractivity contribution in [2.45, 2.75) is 46.3 Å². The minimum Gasteiger partial charge on any atom is -0.475 e. The van der Waals surface area contributed by atoms with E-state index in [1.54, 1.807) is 0 Å². The predicted octanol–water partition coefficient (Wildman–Crippen LogP) is 3.35. The van der Waals surface area contributed by atoms with Gasteiger partial charge in [0.05, 0.1) is 0 Å². The maximum absolute atomic E-state index is 8.91. The molecule has 0 aliphatic carbocycles. The van der Waals surface area contributed by atoms with Gasteiger partial charge in [0, 0.05) is 6.04 Å². The van der Waals surface area contributed by atoms with Crippen LogP contribution in [-0.4, -0.2) is 12.6 Å². The van der Waals surface area contributed by atoms with E-state index in [2.05, 4.69) is 37.4 Å². The molecule has 0 saturated heterocycles. The van der Waals surface area contributed by atoms with Crippen molar-refractivity contribution in [2.24, 2.45) is 0 Å².